The number of nitriles is 1. The lowest BCUT2D eigenvalue weighted by molar-refractivity contribution is 0.0527. The van der Waals surface area contributed by atoms with Gasteiger partial charge in [0.2, 0.25) is 5.82 Å². The van der Waals surface area contributed by atoms with Crippen LogP contribution in [0.5, 0.6) is 0 Å². The fourth-order valence-electron chi connectivity index (χ4n) is 2.18. The first-order valence-electron chi connectivity index (χ1n) is 7.64. The second-order valence-electron chi connectivity index (χ2n) is 4.95. The van der Waals surface area contributed by atoms with E-state index >= 15 is 0 Å². The van der Waals surface area contributed by atoms with Gasteiger partial charge in [-0.2, -0.15) is 15.6 Å². The first-order chi connectivity index (χ1) is 12.7. The van der Waals surface area contributed by atoms with Crippen LogP contribution in [0.3, 0.4) is 0 Å². The first kappa shape index (κ1) is 16.8. The summed E-state index contributed by atoms with van der Waals surface area (Å²) in [6, 6.07) is 8.86. The minimum atomic E-state index is -0.478. The molecule has 0 aliphatic carbocycles. The molecule has 0 saturated heterocycles. The lowest BCUT2D eigenvalue weighted by atomic mass is 10.1. The van der Waals surface area contributed by atoms with E-state index in [1.807, 2.05) is 6.07 Å². The number of tetrazole rings is 1. The lowest BCUT2D eigenvalue weighted by Crippen LogP contribution is -2.09. The Morgan fingerprint density at radius 3 is 3.04 bits per heavy atom. The molecule has 130 valence electrons. The maximum absolute atomic E-state index is 12.2. The Morgan fingerprint density at radius 1 is 1.50 bits per heavy atom. The number of hydrogen-bond acceptors (Lipinski definition) is 8. The Hall–Kier alpha value is -4.00. The fraction of sp³-hybridized carbons (Fsp3) is 0.125. The van der Waals surface area contributed by atoms with Crippen molar-refractivity contribution >= 4 is 17.2 Å². The molecule has 0 saturated carbocycles. The Balaban J connectivity index is 1.98. The third-order valence-electron chi connectivity index (χ3n) is 3.35. The normalized spacial score (nSPS) is 11.0. The van der Waals surface area contributed by atoms with Gasteiger partial charge in [0.15, 0.2) is 0 Å². The van der Waals surface area contributed by atoms with Crippen molar-refractivity contribution in [1.82, 2.24) is 30.4 Å². The molecule has 0 fully saturated rings. The molecule has 0 aliphatic rings. The molecule has 2 heterocycles. The number of allylic oxidation sites excluding steroid dienone is 1. The van der Waals surface area contributed by atoms with Crippen molar-refractivity contribution < 1.29 is 9.53 Å². The number of carbonyl (C=O) groups excluding carboxylic acids is 1. The predicted molar refractivity (Wildman–Crippen MR) is 90.9 cm³/mol. The SMILES string of the molecule is CCOC(=O)c1ccc(-n2cccn2)cc1NC=C(C#N)c1nn[nH]n1. The van der Waals surface area contributed by atoms with Gasteiger partial charge in [-0.1, -0.05) is 0 Å². The number of aromatic nitrogens is 6. The molecule has 0 atom stereocenters. The van der Waals surface area contributed by atoms with Crippen LogP contribution in [0.4, 0.5) is 5.69 Å². The highest BCUT2D eigenvalue weighted by Gasteiger charge is 2.14. The number of H-pyrrole nitrogens is 1. The number of hydrogen-bond donors (Lipinski definition) is 2. The summed E-state index contributed by atoms with van der Waals surface area (Å²) in [5, 5.41) is 29.6. The molecule has 0 bridgehead atoms. The number of anilines is 1. The average Bonchev–Trinajstić information content (AvgIpc) is 3.36. The first-order valence-corrected chi connectivity index (χ1v) is 7.64. The van der Waals surface area contributed by atoms with Gasteiger partial charge in [-0.15, -0.1) is 10.2 Å². The van der Waals surface area contributed by atoms with Crippen LogP contribution in [0.25, 0.3) is 11.3 Å². The summed E-state index contributed by atoms with van der Waals surface area (Å²) in [4.78, 5) is 12.2. The third kappa shape index (κ3) is 3.57. The van der Waals surface area contributed by atoms with Gasteiger partial charge >= 0.3 is 5.97 Å². The number of rotatable bonds is 6. The molecule has 3 rings (SSSR count). The van der Waals surface area contributed by atoms with E-state index in [0.717, 1.165) is 5.69 Å². The maximum Gasteiger partial charge on any atom is 0.340 e. The van der Waals surface area contributed by atoms with Gasteiger partial charge in [-0.3, -0.25) is 0 Å². The van der Waals surface area contributed by atoms with E-state index in [0.29, 0.717) is 11.3 Å². The Bertz CT molecular complexity index is 955. The summed E-state index contributed by atoms with van der Waals surface area (Å²) in [5.74, 6) is -0.339. The van der Waals surface area contributed by atoms with Crippen LogP contribution in [-0.2, 0) is 4.74 Å². The van der Waals surface area contributed by atoms with E-state index in [1.54, 1.807) is 48.3 Å². The molecule has 0 spiro atoms. The predicted octanol–water partition coefficient (Wildman–Crippen LogP) is 1.54. The van der Waals surface area contributed by atoms with Crippen LogP contribution >= 0.6 is 0 Å². The van der Waals surface area contributed by atoms with Crippen LogP contribution in [0.15, 0.2) is 42.9 Å². The Morgan fingerprint density at radius 2 is 2.38 bits per heavy atom. The Labute approximate surface area is 148 Å². The topological polar surface area (TPSA) is 134 Å². The van der Waals surface area contributed by atoms with Crippen molar-refractivity contribution in [3.63, 3.8) is 0 Å². The van der Waals surface area contributed by atoms with Crippen molar-refractivity contribution in [1.29, 1.82) is 5.26 Å². The highest BCUT2D eigenvalue weighted by atomic mass is 16.5. The molecule has 3 aromatic rings. The number of nitrogens with zero attached hydrogens (tertiary/aromatic N) is 6. The monoisotopic (exact) mass is 350 g/mol. The number of carbonyl (C=O) groups is 1. The number of aromatic amines is 1. The molecule has 0 aliphatic heterocycles. The zero-order chi connectivity index (χ0) is 18.4. The molecule has 10 nitrogen and oxygen atoms in total. The van der Waals surface area contributed by atoms with Crippen LogP contribution in [0.1, 0.15) is 23.1 Å². The number of ether oxygens (including phenoxy) is 1. The van der Waals surface area contributed by atoms with Crippen molar-refractivity contribution in [2.24, 2.45) is 0 Å². The van der Waals surface area contributed by atoms with Crippen molar-refractivity contribution in [2.45, 2.75) is 6.92 Å². The van der Waals surface area contributed by atoms with Crippen molar-refractivity contribution in [2.75, 3.05) is 11.9 Å². The summed E-state index contributed by atoms with van der Waals surface area (Å²) >= 11 is 0. The van der Waals surface area contributed by atoms with Gasteiger partial charge in [-0.05, 0) is 36.4 Å². The maximum atomic E-state index is 12.2. The van der Waals surface area contributed by atoms with E-state index < -0.39 is 5.97 Å². The van der Waals surface area contributed by atoms with Gasteiger partial charge in [-0.25, -0.2) is 9.48 Å². The van der Waals surface area contributed by atoms with Gasteiger partial charge in [0, 0.05) is 18.6 Å². The quantitative estimate of drug-likeness (QED) is 0.505. The minimum Gasteiger partial charge on any atom is -0.462 e. The number of esters is 1. The van der Waals surface area contributed by atoms with E-state index in [2.05, 4.69) is 31.0 Å². The van der Waals surface area contributed by atoms with Crippen LogP contribution in [0, 0.1) is 11.3 Å². The van der Waals surface area contributed by atoms with E-state index in [4.69, 9.17) is 4.74 Å². The zero-order valence-corrected chi connectivity index (χ0v) is 13.7. The molecular formula is C16H14N8O2. The van der Waals surface area contributed by atoms with E-state index in [-0.39, 0.29) is 18.0 Å². The van der Waals surface area contributed by atoms with E-state index in [1.165, 1.54) is 6.20 Å². The molecule has 0 unspecified atom stereocenters. The summed E-state index contributed by atoms with van der Waals surface area (Å²) in [5.41, 5.74) is 1.66. The fourth-order valence-corrected chi connectivity index (χ4v) is 2.18. The summed E-state index contributed by atoms with van der Waals surface area (Å²) in [6.45, 7) is 1.98. The average molecular weight is 350 g/mol. The molecule has 1 aromatic carbocycles. The smallest absolute Gasteiger partial charge is 0.340 e. The van der Waals surface area contributed by atoms with Gasteiger partial charge in [0.25, 0.3) is 0 Å². The summed E-state index contributed by atoms with van der Waals surface area (Å²) < 4.78 is 6.72. The van der Waals surface area contributed by atoms with Crippen LogP contribution in [0.2, 0.25) is 0 Å². The minimum absolute atomic E-state index is 0.140. The molecule has 0 amide bonds. The van der Waals surface area contributed by atoms with Gasteiger partial charge < -0.3 is 10.1 Å². The Kier molecular flexibility index (Phi) is 5.00. The highest BCUT2D eigenvalue weighted by Crippen LogP contribution is 2.22. The van der Waals surface area contributed by atoms with Gasteiger partial charge in [0.1, 0.15) is 11.6 Å². The van der Waals surface area contributed by atoms with Crippen LogP contribution < -0.4 is 5.32 Å². The molecule has 10 heteroatoms. The summed E-state index contributed by atoms with van der Waals surface area (Å²) in [6.07, 6.45) is 4.82. The second-order valence-corrected chi connectivity index (χ2v) is 4.95. The molecular weight excluding hydrogens is 336 g/mol. The van der Waals surface area contributed by atoms with Crippen molar-refractivity contribution in [3.8, 4) is 11.8 Å². The molecule has 26 heavy (non-hydrogen) atoms. The summed E-state index contributed by atoms with van der Waals surface area (Å²) in [7, 11) is 0. The number of benzene rings is 1. The molecule has 0 radical (unpaired) electrons. The molecule has 2 aromatic heterocycles. The van der Waals surface area contributed by atoms with Gasteiger partial charge in [0.05, 0.1) is 23.5 Å². The largest absolute Gasteiger partial charge is 0.462 e. The van der Waals surface area contributed by atoms with Crippen molar-refractivity contribution in [3.05, 3.63) is 54.2 Å². The molecule has 2 N–H and O–H groups in total. The lowest BCUT2D eigenvalue weighted by Gasteiger charge is -2.11. The second kappa shape index (κ2) is 7.71. The van der Waals surface area contributed by atoms with E-state index in [9.17, 15) is 10.1 Å². The zero-order valence-electron chi connectivity index (χ0n) is 13.7. The standard InChI is InChI=1S/C16H14N8O2/c1-2-26-16(25)13-5-4-12(24-7-3-6-19-24)8-14(13)18-10-11(9-17)15-20-22-23-21-15/h3-8,10,18H,2H2,1H3,(H,20,21,22,23). The number of nitrogens with one attached hydrogen (secondary N) is 2. The third-order valence-corrected chi connectivity index (χ3v) is 3.35. The highest BCUT2D eigenvalue weighted by molar-refractivity contribution is 5.96. The van der Waals surface area contributed by atoms with Crippen LogP contribution in [-0.4, -0.2) is 43.0 Å².